The van der Waals surface area contributed by atoms with Gasteiger partial charge in [-0.2, -0.15) is 0 Å². The van der Waals surface area contributed by atoms with Gasteiger partial charge in [-0.15, -0.1) is 0 Å². The van der Waals surface area contributed by atoms with E-state index in [9.17, 15) is 4.79 Å². The molecule has 0 atom stereocenters. The standard InChI is InChI=1S/C19H20ClN5O3/c1-12-3-5-13(6-4-12)14-10-21-19(28-14)8-7-18(26)25-24-16-9-15(20)22-17(23-16)11-27-2/h3-6,9-10H,7-8,11H2,1-2H3,(H,25,26)(H,22,23,24). The molecular formula is C19H20ClN5O3. The van der Waals surface area contributed by atoms with E-state index in [1.807, 2.05) is 31.2 Å². The molecule has 3 aromatic rings. The Labute approximate surface area is 167 Å². The Hall–Kier alpha value is -2.97. The van der Waals surface area contributed by atoms with Crippen LogP contribution in [0.3, 0.4) is 0 Å². The quantitative estimate of drug-likeness (QED) is 0.441. The van der Waals surface area contributed by atoms with Crippen molar-refractivity contribution in [3.8, 4) is 11.3 Å². The molecule has 0 aliphatic heterocycles. The highest BCUT2D eigenvalue weighted by molar-refractivity contribution is 6.29. The number of halogens is 1. The van der Waals surface area contributed by atoms with Crippen LogP contribution in [-0.4, -0.2) is 28.0 Å². The summed E-state index contributed by atoms with van der Waals surface area (Å²) in [6, 6.07) is 9.47. The molecule has 0 aliphatic carbocycles. The number of anilines is 1. The molecule has 0 bridgehead atoms. The fourth-order valence-electron chi connectivity index (χ4n) is 2.42. The minimum atomic E-state index is -0.238. The average Bonchev–Trinajstić information content (AvgIpc) is 3.14. The van der Waals surface area contributed by atoms with Crippen LogP contribution in [-0.2, 0) is 22.6 Å². The summed E-state index contributed by atoms with van der Waals surface area (Å²) in [5.41, 5.74) is 7.40. The number of hydrogen-bond donors (Lipinski definition) is 2. The van der Waals surface area contributed by atoms with Crippen LogP contribution in [0.2, 0.25) is 5.15 Å². The summed E-state index contributed by atoms with van der Waals surface area (Å²) in [6.07, 6.45) is 2.24. The van der Waals surface area contributed by atoms with Gasteiger partial charge in [0, 0.05) is 31.6 Å². The number of aromatic nitrogens is 3. The van der Waals surface area contributed by atoms with E-state index < -0.39 is 0 Å². The number of nitrogens with zero attached hydrogens (tertiary/aromatic N) is 3. The zero-order valence-corrected chi connectivity index (χ0v) is 16.3. The molecule has 0 radical (unpaired) electrons. The lowest BCUT2D eigenvalue weighted by Crippen LogP contribution is -2.30. The number of aryl methyl sites for hydroxylation is 2. The van der Waals surface area contributed by atoms with Gasteiger partial charge in [0.25, 0.3) is 0 Å². The van der Waals surface area contributed by atoms with Crippen LogP contribution in [0.5, 0.6) is 0 Å². The van der Waals surface area contributed by atoms with Gasteiger partial charge in [-0.25, -0.2) is 15.0 Å². The van der Waals surface area contributed by atoms with E-state index in [1.165, 1.54) is 18.7 Å². The molecule has 1 amide bonds. The number of nitrogens with one attached hydrogen (secondary N) is 2. The van der Waals surface area contributed by atoms with Crippen LogP contribution in [0.1, 0.15) is 23.7 Å². The number of hydrazine groups is 1. The van der Waals surface area contributed by atoms with Crippen LogP contribution in [0, 0.1) is 6.92 Å². The second-order valence-corrected chi connectivity index (χ2v) is 6.47. The van der Waals surface area contributed by atoms with Gasteiger partial charge in [-0.3, -0.25) is 15.6 Å². The van der Waals surface area contributed by atoms with Gasteiger partial charge >= 0.3 is 0 Å². The monoisotopic (exact) mass is 401 g/mol. The third-order valence-electron chi connectivity index (χ3n) is 3.80. The highest BCUT2D eigenvalue weighted by Gasteiger charge is 2.10. The van der Waals surface area contributed by atoms with Crippen LogP contribution >= 0.6 is 11.6 Å². The highest BCUT2D eigenvalue weighted by Crippen LogP contribution is 2.21. The number of benzene rings is 1. The lowest BCUT2D eigenvalue weighted by Gasteiger charge is -2.08. The molecule has 0 unspecified atom stereocenters. The lowest BCUT2D eigenvalue weighted by atomic mass is 10.1. The molecule has 0 spiro atoms. The Balaban J connectivity index is 1.50. The first kappa shape index (κ1) is 19.8. The number of carbonyl (C=O) groups is 1. The van der Waals surface area contributed by atoms with Crippen LogP contribution in [0.15, 0.2) is 40.9 Å². The third-order valence-corrected chi connectivity index (χ3v) is 3.99. The van der Waals surface area contributed by atoms with Gasteiger partial charge in [0.1, 0.15) is 17.6 Å². The summed E-state index contributed by atoms with van der Waals surface area (Å²) < 4.78 is 10.7. The summed E-state index contributed by atoms with van der Waals surface area (Å²) in [4.78, 5) is 24.5. The van der Waals surface area contributed by atoms with E-state index in [0.29, 0.717) is 29.7 Å². The first-order valence-corrected chi connectivity index (χ1v) is 9.00. The van der Waals surface area contributed by atoms with Gasteiger partial charge in [0.2, 0.25) is 5.91 Å². The Morgan fingerprint density at radius 2 is 2.04 bits per heavy atom. The summed E-state index contributed by atoms with van der Waals surface area (Å²) in [5.74, 6) is 1.72. The van der Waals surface area contributed by atoms with Crippen molar-refractivity contribution >= 4 is 23.3 Å². The summed E-state index contributed by atoms with van der Waals surface area (Å²) in [7, 11) is 1.53. The fourth-order valence-corrected chi connectivity index (χ4v) is 2.62. The van der Waals surface area contributed by atoms with Crippen molar-refractivity contribution < 1.29 is 13.9 Å². The average molecular weight is 402 g/mol. The Bertz CT molecular complexity index is 943. The van der Waals surface area contributed by atoms with Crippen LogP contribution in [0.25, 0.3) is 11.3 Å². The first-order chi connectivity index (χ1) is 13.5. The maximum absolute atomic E-state index is 12.1. The molecule has 2 aromatic heterocycles. The maximum Gasteiger partial charge on any atom is 0.238 e. The number of ether oxygens (including phenoxy) is 1. The molecule has 3 rings (SSSR count). The smallest absolute Gasteiger partial charge is 0.238 e. The van der Waals surface area contributed by atoms with Crippen molar-refractivity contribution in [1.29, 1.82) is 0 Å². The first-order valence-electron chi connectivity index (χ1n) is 8.62. The summed E-state index contributed by atoms with van der Waals surface area (Å²) in [6.45, 7) is 2.24. The van der Waals surface area contributed by atoms with Crippen molar-refractivity contribution in [2.45, 2.75) is 26.4 Å². The van der Waals surface area contributed by atoms with E-state index in [1.54, 1.807) is 6.20 Å². The van der Waals surface area contributed by atoms with Crippen molar-refractivity contribution in [2.24, 2.45) is 0 Å². The van der Waals surface area contributed by atoms with Gasteiger partial charge in [0.15, 0.2) is 17.5 Å². The zero-order valence-electron chi connectivity index (χ0n) is 15.5. The maximum atomic E-state index is 12.1. The van der Waals surface area contributed by atoms with Crippen LogP contribution < -0.4 is 10.9 Å². The van der Waals surface area contributed by atoms with Crippen molar-refractivity contribution in [3.05, 3.63) is 59.0 Å². The Kier molecular flexibility index (Phi) is 6.57. The molecule has 8 nitrogen and oxygen atoms in total. The van der Waals surface area contributed by atoms with Gasteiger partial charge in [0.05, 0.1) is 6.20 Å². The van der Waals surface area contributed by atoms with Gasteiger partial charge < -0.3 is 9.15 Å². The third kappa shape index (κ3) is 5.51. The van der Waals surface area contributed by atoms with E-state index in [0.717, 1.165) is 5.56 Å². The lowest BCUT2D eigenvalue weighted by molar-refractivity contribution is -0.120. The number of hydrogen-bond acceptors (Lipinski definition) is 7. The zero-order chi connectivity index (χ0) is 19.9. The van der Waals surface area contributed by atoms with E-state index in [4.69, 9.17) is 20.8 Å². The van der Waals surface area contributed by atoms with Gasteiger partial charge in [-0.1, -0.05) is 41.4 Å². The second-order valence-electron chi connectivity index (χ2n) is 6.08. The van der Waals surface area contributed by atoms with Gasteiger partial charge in [-0.05, 0) is 6.92 Å². The molecule has 0 fully saturated rings. The second kappa shape index (κ2) is 9.29. The van der Waals surface area contributed by atoms with E-state index >= 15 is 0 Å². The molecule has 2 heterocycles. The molecule has 0 aliphatic rings. The normalized spacial score (nSPS) is 10.7. The molecule has 0 saturated carbocycles. The molecule has 9 heteroatoms. The number of amides is 1. The molecule has 2 N–H and O–H groups in total. The predicted octanol–water partition coefficient (Wildman–Crippen LogP) is 3.32. The summed E-state index contributed by atoms with van der Waals surface area (Å²) >= 11 is 5.92. The topological polar surface area (TPSA) is 102 Å². The minimum Gasteiger partial charge on any atom is -0.441 e. The van der Waals surface area contributed by atoms with Crippen LogP contribution in [0.4, 0.5) is 5.82 Å². The van der Waals surface area contributed by atoms with Crippen molar-refractivity contribution in [1.82, 2.24) is 20.4 Å². The molecule has 0 saturated heterocycles. The fraction of sp³-hybridized carbons (Fsp3) is 0.263. The Morgan fingerprint density at radius 3 is 2.79 bits per heavy atom. The molecule has 28 heavy (non-hydrogen) atoms. The number of oxazole rings is 1. The van der Waals surface area contributed by atoms with E-state index in [-0.39, 0.29) is 24.1 Å². The number of rotatable bonds is 8. The SMILES string of the molecule is COCc1nc(Cl)cc(NNC(=O)CCc2ncc(-c3ccc(C)cc3)o2)n1. The predicted molar refractivity (Wildman–Crippen MR) is 105 cm³/mol. The van der Waals surface area contributed by atoms with E-state index in [2.05, 4.69) is 25.8 Å². The molecule has 1 aromatic carbocycles. The van der Waals surface area contributed by atoms with Crippen molar-refractivity contribution in [2.75, 3.05) is 12.5 Å². The largest absolute Gasteiger partial charge is 0.441 e. The minimum absolute atomic E-state index is 0.199. The summed E-state index contributed by atoms with van der Waals surface area (Å²) in [5, 5.41) is 0.252. The number of carbonyl (C=O) groups excluding carboxylic acids is 1. The highest BCUT2D eigenvalue weighted by atomic mass is 35.5. The van der Waals surface area contributed by atoms with Crippen molar-refractivity contribution in [3.63, 3.8) is 0 Å². The Morgan fingerprint density at radius 1 is 1.25 bits per heavy atom. The molecular weight excluding hydrogens is 382 g/mol. The number of methoxy groups -OCH3 is 1. The molecule has 146 valence electrons.